The second-order valence-corrected chi connectivity index (χ2v) is 10.1. The third-order valence-corrected chi connectivity index (χ3v) is 6.99. The number of nitrogens with zero attached hydrogens (tertiary/aromatic N) is 4. The minimum absolute atomic E-state index is 0.000944. The van der Waals surface area contributed by atoms with Crippen LogP contribution < -0.4 is 15.8 Å². The van der Waals surface area contributed by atoms with E-state index in [9.17, 15) is 0 Å². The Kier molecular flexibility index (Phi) is 7.13. The molecule has 3 N–H and O–H groups in total. The highest BCUT2D eigenvalue weighted by Crippen LogP contribution is 2.33. The van der Waals surface area contributed by atoms with Gasteiger partial charge in [-0.25, -0.2) is 9.97 Å². The van der Waals surface area contributed by atoms with Crippen molar-refractivity contribution >= 4 is 39.7 Å². The monoisotopic (exact) mass is 512 g/mol. The van der Waals surface area contributed by atoms with E-state index in [1.165, 1.54) is 6.33 Å². The van der Waals surface area contributed by atoms with Crippen molar-refractivity contribution in [2.24, 2.45) is 5.41 Å². The van der Waals surface area contributed by atoms with Gasteiger partial charge in [0.2, 0.25) is 0 Å². The number of likely N-dealkylation sites (tertiary alicyclic amines) is 1. The number of halogens is 1. The molecule has 1 aliphatic heterocycles. The van der Waals surface area contributed by atoms with Crippen LogP contribution in [0.3, 0.4) is 0 Å². The second-order valence-electron chi connectivity index (χ2n) is 9.67. The van der Waals surface area contributed by atoms with Crippen molar-refractivity contribution in [1.29, 1.82) is 0 Å². The smallest absolute Gasteiger partial charge is 0.141 e. The lowest BCUT2D eigenvalue weighted by atomic mass is 9.81. The van der Waals surface area contributed by atoms with E-state index >= 15 is 0 Å². The molecule has 7 nitrogen and oxygen atoms in total. The fourth-order valence-corrected chi connectivity index (χ4v) is 4.49. The molecule has 1 saturated heterocycles. The molecule has 5 rings (SSSR count). The number of nitrogen functional groups attached to an aromatic ring is 1. The fraction of sp³-hybridized carbons (Fsp3) is 0.276. The number of pyridine rings is 1. The quantitative estimate of drug-likeness (QED) is 0.263. The number of nitrogens with one attached hydrogen (secondary N) is 1. The zero-order chi connectivity index (χ0) is 25.8. The van der Waals surface area contributed by atoms with Gasteiger partial charge >= 0.3 is 0 Å². The summed E-state index contributed by atoms with van der Waals surface area (Å²) in [6, 6.07) is 15.0. The summed E-state index contributed by atoms with van der Waals surface area (Å²) in [6.07, 6.45) is 5.37. The zero-order valence-corrected chi connectivity index (χ0v) is 21.7. The molecule has 0 atom stereocenters. The number of hydrogen-bond acceptors (Lipinski definition) is 7. The van der Waals surface area contributed by atoms with Gasteiger partial charge in [-0.15, -0.1) is 0 Å². The van der Waals surface area contributed by atoms with Crippen LogP contribution in [-0.2, 0) is 6.61 Å². The molecule has 2 aromatic heterocycles. The number of aromatic nitrogens is 3. The number of piperidine rings is 1. The van der Waals surface area contributed by atoms with Crippen molar-refractivity contribution in [2.75, 3.05) is 31.2 Å². The number of rotatable bonds is 5. The van der Waals surface area contributed by atoms with Gasteiger partial charge in [-0.1, -0.05) is 29.5 Å². The molecular formula is C29H29ClN6O. The van der Waals surface area contributed by atoms with E-state index in [0.29, 0.717) is 28.9 Å². The number of fused-ring (bicyclic) bond motifs is 1. The molecule has 0 amide bonds. The highest BCUT2D eigenvalue weighted by molar-refractivity contribution is 6.32. The van der Waals surface area contributed by atoms with Crippen LogP contribution in [0.1, 0.15) is 31.0 Å². The molecule has 1 aliphatic rings. The first-order chi connectivity index (χ1) is 17.9. The minimum atomic E-state index is -0.000944. The second kappa shape index (κ2) is 10.6. The molecule has 188 valence electrons. The van der Waals surface area contributed by atoms with Crippen molar-refractivity contribution in [2.45, 2.75) is 26.4 Å². The Bertz CT molecular complexity index is 1470. The molecule has 0 bridgehead atoms. The Hall–Kier alpha value is -3.86. The maximum Gasteiger partial charge on any atom is 0.141 e. The van der Waals surface area contributed by atoms with Crippen LogP contribution in [0.5, 0.6) is 5.75 Å². The van der Waals surface area contributed by atoms with Gasteiger partial charge in [0.25, 0.3) is 0 Å². The highest BCUT2D eigenvalue weighted by Gasteiger charge is 2.26. The maximum atomic E-state index is 6.49. The first-order valence-corrected chi connectivity index (χ1v) is 12.6. The summed E-state index contributed by atoms with van der Waals surface area (Å²) in [7, 11) is 2.15. The third-order valence-electron chi connectivity index (χ3n) is 6.69. The molecule has 3 heterocycles. The van der Waals surface area contributed by atoms with Gasteiger partial charge in [0.05, 0.1) is 16.2 Å². The summed E-state index contributed by atoms with van der Waals surface area (Å²) in [6.45, 7) is 4.68. The van der Waals surface area contributed by atoms with Crippen molar-refractivity contribution in [3.63, 3.8) is 0 Å². The molecule has 0 radical (unpaired) electrons. The molecule has 37 heavy (non-hydrogen) atoms. The van der Waals surface area contributed by atoms with Crippen molar-refractivity contribution in [1.82, 2.24) is 19.9 Å². The van der Waals surface area contributed by atoms with Gasteiger partial charge in [0.15, 0.2) is 0 Å². The van der Waals surface area contributed by atoms with Crippen molar-refractivity contribution < 1.29 is 4.74 Å². The number of anilines is 3. The summed E-state index contributed by atoms with van der Waals surface area (Å²) >= 11 is 6.49. The predicted molar refractivity (Wildman–Crippen MR) is 149 cm³/mol. The molecule has 1 fully saturated rings. The van der Waals surface area contributed by atoms with Gasteiger partial charge in [0, 0.05) is 33.9 Å². The maximum absolute atomic E-state index is 6.49. The lowest BCUT2D eigenvalue weighted by molar-refractivity contribution is 0.187. The van der Waals surface area contributed by atoms with Crippen LogP contribution >= 0.6 is 11.6 Å². The third kappa shape index (κ3) is 5.93. The van der Waals surface area contributed by atoms with Gasteiger partial charge in [-0.05, 0) is 82.4 Å². The number of hydrogen-bond donors (Lipinski definition) is 2. The van der Waals surface area contributed by atoms with Gasteiger partial charge in [-0.3, -0.25) is 4.98 Å². The Labute approximate surface area is 222 Å². The van der Waals surface area contributed by atoms with E-state index in [1.807, 2.05) is 42.5 Å². The number of nitrogens with two attached hydrogens (primary N) is 1. The van der Waals surface area contributed by atoms with Gasteiger partial charge in [0.1, 0.15) is 24.5 Å². The lowest BCUT2D eigenvalue weighted by Gasteiger charge is -2.33. The first kappa shape index (κ1) is 24.8. The Balaban J connectivity index is 1.34. The number of benzene rings is 2. The molecule has 0 saturated carbocycles. The molecular weight excluding hydrogens is 484 g/mol. The van der Waals surface area contributed by atoms with E-state index in [-0.39, 0.29) is 5.41 Å². The van der Waals surface area contributed by atoms with E-state index in [2.05, 4.69) is 51.0 Å². The molecule has 4 aromatic rings. The van der Waals surface area contributed by atoms with E-state index < -0.39 is 0 Å². The SMILES string of the molecule is CN1CCC(C)(C#Cc2cc3ncnc(Nc4ccc(OCc5ccccn5)c(Cl)c4)c3cc2N)CC1. The first-order valence-electron chi connectivity index (χ1n) is 12.2. The number of ether oxygens (including phenoxy) is 1. The molecule has 0 unspecified atom stereocenters. The minimum Gasteiger partial charge on any atom is -0.486 e. The lowest BCUT2D eigenvalue weighted by Crippen LogP contribution is -2.35. The average molecular weight is 513 g/mol. The van der Waals surface area contributed by atoms with Gasteiger partial charge < -0.3 is 20.7 Å². The van der Waals surface area contributed by atoms with Crippen LogP contribution in [0.15, 0.2) is 61.1 Å². The van der Waals surface area contributed by atoms with Crippen LogP contribution in [0.4, 0.5) is 17.2 Å². The molecule has 2 aromatic carbocycles. The van der Waals surface area contributed by atoms with Crippen LogP contribution in [0.2, 0.25) is 5.02 Å². The Morgan fingerprint density at radius 3 is 2.70 bits per heavy atom. The summed E-state index contributed by atoms with van der Waals surface area (Å²) in [5.41, 5.74) is 10.2. The summed E-state index contributed by atoms with van der Waals surface area (Å²) in [4.78, 5) is 15.5. The Morgan fingerprint density at radius 2 is 1.95 bits per heavy atom. The fourth-order valence-electron chi connectivity index (χ4n) is 4.25. The van der Waals surface area contributed by atoms with Crippen LogP contribution in [0.25, 0.3) is 10.9 Å². The predicted octanol–water partition coefficient (Wildman–Crippen LogP) is 5.67. The van der Waals surface area contributed by atoms with E-state index in [1.54, 1.807) is 12.3 Å². The van der Waals surface area contributed by atoms with Crippen molar-refractivity contribution in [3.8, 4) is 17.6 Å². The summed E-state index contributed by atoms with van der Waals surface area (Å²) in [5.74, 6) is 8.02. The van der Waals surface area contributed by atoms with E-state index in [4.69, 9.17) is 22.1 Å². The standard InChI is InChI=1S/C29H29ClN6O/c1-29(10-13-36(2)14-11-29)9-8-20-15-26-23(17-25(20)31)28(34-19-33-26)35-21-6-7-27(24(30)16-21)37-18-22-5-3-4-12-32-22/h3-7,12,15-17,19H,10-11,13-14,18,31H2,1-2H3,(H,33,34,35). The average Bonchev–Trinajstić information content (AvgIpc) is 2.90. The van der Waals surface area contributed by atoms with Crippen LogP contribution in [0, 0.1) is 17.3 Å². The topological polar surface area (TPSA) is 89.2 Å². The van der Waals surface area contributed by atoms with E-state index in [0.717, 1.165) is 53.8 Å². The molecule has 8 heteroatoms. The zero-order valence-electron chi connectivity index (χ0n) is 21.0. The van der Waals surface area contributed by atoms with Crippen molar-refractivity contribution in [3.05, 3.63) is 77.3 Å². The highest BCUT2D eigenvalue weighted by atomic mass is 35.5. The molecule has 0 aliphatic carbocycles. The van der Waals surface area contributed by atoms with Gasteiger partial charge in [-0.2, -0.15) is 0 Å². The molecule has 0 spiro atoms. The largest absolute Gasteiger partial charge is 0.486 e. The van der Waals surface area contributed by atoms with Crippen LogP contribution in [-0.4, -0.2) is 40.0 Å². The summed E-state index contributed by atoms with van der Waals surface area (Å²) < 4.78 is 5.83. The summed E-state index contributed by atoms with van der Waals surface area (Å²) in [5, 5.41) is 4.62. The Morgan fingerprint density at radius 1 is 1.11 bits per heavy atom. The normalized spacial score (nSPS) is 15.1.